The predicted molar refractivity (Wildman–Crippen MR) is 82.0 cm³/mol. The van der Waals surface area contributed by atoms with Gasteiger partial charge in [-0.15, -0.1) is 9.10 Å². The Morgan fingerprint density at radius 1 is 0.706 bits per heavy atom. The van der Waals surface area contributed by atoms with Crippen molar-refractivity contribution in [3.05, 3.63) is 0 Å². The van der Waals surface area contributed by atoms with Crippen molar-refractivity contribution >= 4 is 20.4 Å². The van der Waals surface area contributed by atoms with Crippen LogP contribution in [-0.4, -0.2) is 20.4 Å². The molecule has 1 heteroatoms. The summed E-state index contributed by atoms with van der Waals surface area (Å²) in [5.74, 6) is 2.15. The summed E-state index contributed by atoms with van der Waals surface area (Å²) in [5.41, 5.74) is 0. The van der Waals surface area contributed by atoms with E-state index in [1.807, 2.05) is 0 Å². The smallest absolute Gasteiger partial charge is 0.143 e. The van der Waals surface area contributed by atoms with Gasteiger partial charge in [0, 0.05) is 0 Å². The summed E-state index contributed by atoms with van der Waals surface area (Å²) in [7, 11) is 0. The lowest BCUT2D eigenvalue weighted by molar-refractivity contribution is 0.474. The highest BCUT2D eigenvalue weighted by atomic mass is 24.5. The van der Waals surface area contributed by atoms with Crippen LogP contribution in [0.15, 0.2) is 0 Å². The van der Waals surface area contributed by atoms with E-state index < -0.39 is 0 Å². The highest BCUT2D eigenvalue weighted by Crippen LogP contribution is 2.21. The van der Waals surface area contributed by atoms with E-state index in [2.05, 4.69) is 27.7 Å². The summed E-state index contributed by atoms with van der Waals surface area (Å²) in [6.45, 7) is 9.43. The number of unbranched alkanes of at least 4 members (excludes halogenated alkanes) is 2. The third-order valence-electron chi connectivity index (χ3n) is 4.31. The monoisotopic (exact) mass is 250 g/mol. The minimum atomic E-state index is 0.239. The quantitative estimate of drug-likeness (QED) is 0.375. The second-order valence-corrected chi connectivity index (χ2v) is 7.63. The minimum Gasteiger partial charge on any atom is -0.143 e. The maximum atomic E-state index is 2.39. The lowest BCUT2D eigenvalue weighted by Gasteiger charge is -2.17. The van der Waals surface area contributed by atoms with Gasteiger partial charge in [0.1, 0.15) is 0 Å². The molecule has 0 bridgehead atoms. The molecule has 0 aromatic carbocycles. The van der Waals surface area contributed by atoms with Crippen LogP contribution in [-0.2, 0) is 0 Å². The Morgan fingerprint density at radius 2 is 1.12 bits per heavy atom. The van der Waals surface area contributed by atoms with Gasteiger partial charge in [0.05, 0.1) is 0 Å². The molecule has 0 fully saturated rings. The molecule has 0 radical (unpaired) electrons. The lowest BCUT2D eigenvalue weighted by atomic mass is 10.0. The predicted octanol–water partition coefficient (Wildman–Crippen LogP) is 5.96. The zero-order valence-electron chi connectivity index (χ0n) is 12.9. The van der Waals surface area contributed by atoms with Gasteiger partial charge in [-0.05, 0) is 0 Å². The van der Waals surface area contributed by atoms with Gasteiger partial charge in [-0.2, -0.15) is 0 Å². The molecule has 17 heavy (non-hydrogen) atoms. The van der Waals surface area contributed by atoms with Gasteiger partial charge in [-0.25, -0.2) is 0 Å². The molecule has 0 rings (SSSR count). The highest BCUT2D eigenvalue weighted by molar-refractivity contribution is 6.35. The van der Waals surface area contributed by atoms with Crippen LogP contribution >= 0.6 is 0 Å². The van der Waals surface area contributed by atoms with Crippen LogP contribution in [0, 0.1) is 11.8 Å². The summed E-state index contributed by atoms with van der Waals surface area (Å²) in [6, 6.07) is 0. The van der Waals surface area contributed by atoms with Crippen LogP contribution in [0.5, 0.6) is 0 Å². The first-order chi connectivity index (χ1) is 8.28. The lowest BCUT2D eigenvalue weighted by Crippen LogP contribution is -2.08. The van der Waals surface area contributed by atoms with Gasteiger partial charge in [-0.1, -0.05) is 90.9 Å². The van der Waals surface area contributed by atoms with Crippen LogP contribution in [0.1, 0.15) is 79.1 Å². The van der Waals surface area contributed by atoms with Gasteiger partial charge >= 0.3 is 20.4 Å². The Hall–Kier alpha value is 0.766. The molecule has 0 aromatic rings. The summed E-state index contributed by atoms with van der Waals surface area (Å²) in [4.78, 5) is 0. The van der Waals surface area contributed by atoms with E-state index in [-0.39, 0.29) is 20.4 Å². The molecule has 0 nitrogen and oxygen atoms in total. The van der Waals surface area contributed by atoms with Crippen LogP contribution in [0.3, 0.4) is 0 Å². The van der Waals surface area contributed by atoms with E-state index in [1.54, 1.807) is 9.10 Å². The van der Waals surface area contributed by atoms with E-state index in [1.165, 1.54) is 51.4 Å². The van der Waals surface area contributed by atoms with Crippen LogP contribution < -0.4 is 0 Å². The Bertz CT molecular complexity index is 128. The van der Waals surface area contributed by atoms with Crippen molar-refractivity contribution in [2.75, 3.05) is 0 Å². The molecule has 0 amide bonds. The third kappa shape index (κ3) is 10.4. The maximum absolute atomic E-state index is 2.39. The molecule has 2 atom stereocenters. The third-order valence-corrected chi connectivity index (χ3v) is 6.76. The average molecular weight is 251 g/mol. The molecule has 0 aromatic heterocycles. The molecule has 0 saturated heterocycles. The largest absolute Gasteiger partial charge is 0.365 e. The Balaban J connectivity index is 3.61. The fourth-order valence-electron chi connectivity index (χ4n) is 2.79. The standard InChI is InChI=1S/2C8H17.Mg/c2*1-4-6-7-8(3)5-2;/h2*8H,3-7H2,1-2H3;. The summed E-state index contributed by atoms with van der Waals surface area (Å²) >= 11 is 0.239. The summed E-state index contributed by atoms with van der Waals surface area (Å²) in [5, 5.41) is 0. The Labute approximate surface area is 120 Å². The van der Waals surface area contributed by atoms with Crippen molar-refractivity contribution in [2.24, 2.45) is 11.8 Å². The van der Waals surface area contributed by atoms with E-state index in [4.69, 9.17) is 0 Å². The topological polar surface area (TPSA) is 0 Å². The summed E-state index contributed by atoms with van der Waals surface area (Å²) < 4.78 is 3.25. The van der Waals surface area contributed by atoms with Gasteiger partial charge in [0.25, 0.3) is 0 Å². The van der Waals surface area contributed by atoms with E-state index in [0.717, 1.165) is 11.8 Å². The molecule has 0 saturated carbocycles. The maximum Gasteiger partial charge on any atom is 0.365 e. The van der Waals surface area contributed by atoms with Gasteiger partial charge in [0.15, 0.2) is 0 Å². The molecule has 0 aliphatic carbocycles. The van der Waals surface area contributed by atoms with Gasteiger partial charge in [-0.3, -0.25) is 0 Å². The van der Waals surface area contributed by atoms with E-state index in [0.29, 0.717) is 0 Å². The molecular formula is C16H34Mg. The van der Waals surface area contributed by atoms with Gasteiger partial charge in [0.2, 0.25) is 0 Å². The minimum absolute atomic E-state index is 0.239. The molecule has 100 valence electrons. The molecule has 0 aliphatic rings. The average Bonchev–Trinajstić information content (AvgIpc) is 2.37. The van der Waals surface area contributed by atoms with Crippen molar-refractivity contribution < 1.29 is 0 Å². The molecular weight excluding hydrogens is 216 g/mol. The number of hydrogen-bond acceptors (Lipinski definition) is 0. The van der Waals surface area contributed by atoms with Crippen molar-refractivity contribution in [2.45, 2.75) is 88.2 Å². The van der Waals surface area contributed by atoms with Crippen molar-refractivity contribution in [1.29, 1.82) is 0 Å². The highest BCUT2D eigenvalue weighted by Gasteiger charge is 2.11. The van der Waals surface area contributed by atoms with E-state index >= 15 is 0 Å². The Kier molecular flexibility index (Phi) is 13.8. The second kappa shape index (κ2) is 13.2. The van der Waals surface area contributed by atoms with Crippen molar-refractivity contribution in [3.63, 3.8) is 0 Å². The van der Waals surface area contributed by atoms with E-state index in [9.17, 15) is 0 Å². The van der Waals surface area contributed by atoms with Crippen LogP contribution in [0.25, 0.3) is 0 Å². The fraction of sp³-hybridized carbons (Fsp3) is 1.00. The van der Waals surface area contributed by atoms with Crippen molar-refractivity contribution in [3.8, 4) is 0 Å². The molecule has 0 N–H and O–H groups in total. The Morgan fingerprint density at radius 3 is 1.41 bits per heavy atom. The van der Waals surface area contributed by atoms with Crippen molar-refractivity contribution in [1.82, 2.24) is 0 Å². The summed E-state index contributed by atoms with van der Waals surface area (Å²) in [6.07, 6.45) is 11.5. The first-order valence-corrected chi connectivity index (χ1v) is 10.3. The zero-order valence-corrected chi connectivity index (χ0v) is 14.3. The zero-order chi connectivity index (χ0) is 12.9. The molecule has 0 heterocycles. The molecule has 0 aliphatic heterocycles. The van der Waals surface area contributed by atoms with Crippen LogP contribution in [0.4, 0.5) is 0 Å². The molecule has 0 spiro atoms. The normalized spacial score (nSPS) is 14.4. The first kappa shape index (κ1) is 17.8. The number of hydrogen-bond donors (Lipinski definition) is 0. The SMILES string of the molecule is CCCCC(CC)[CH2][Mg][CH2]C(CC)CCCC. The molecule has 2 unspecified atom stereocenters. The van der Waals surface area contributed by atoms with Crippen LogP contribution in [0.2, 0.25) is 9.10 Å². The van der Waals surface area contributed by atoms with Gasteiger partial charge < -0.3 is 0 Å². The fourth-order valence-corrected chi connectivity index (χ4v) is 5.57. The first-order valence-electron chi connectivity index (χ1n) is 8.28. The second-order valence-electron chi connectivity index (χ2n) is 5.76. The number of rotatable bonds is 12.